The summed E-state index contributed by atoms with van der Waals surface area (Å²) in [6, 6.07) is 9.58. The molecule has 2 atom stereocenters. The lowest BCUT2D eigenvalue weighted by molar-refractivity contribution is -0.119. The number of aliphatic hydroxyl groups is 1. The number of benzene rings is 1. The van der Waals surface area contributed by atoms with Gasteiger partial charge >= 0.3 is 6.03 Å². The molecular weight excluding hydrogens is 430 g/mol. The van der Waals surface area contributed by atoms with Gasteiger partial charge in [0, 0.05) is 25.9 Å². The molecule has 2 unspecified atom stereocenters. The molecule has 0 bridgehead atoms. The molecule has 1 heterocycles. The van der Waals surface area contributed by atoms with E-state index < -0.39 is 22.0 Å². The molecule has 1 aliphatic carbocycles. The van der Waals surface area contributed by atoms with Crippen molar-refractivity contribution in [2.75, 3.05) is 19.3 Å². The molecule has 3 rings (SSSR count). The molecular formula is C23H33N3O5S. The summed E-state index contributed by atoms with van der Waals surface area (Å²) in [5, 5.41) is 13.2. The molecule has 3 N–H and O–H groups in total. The van der Waals surface area contributed by atoms with Crippen molar-refractivity contribution in [1.29, 1.82) is 0 Å². The average molecular weight is 464 g/mol. The molecule has 2 fully saturated rings. The van der Waals surface area contributed by atoms with Gasteiger partial charge in [-0.15, -0.1) is 0 Å². The van der Waals surface area contributed by atoms with E-state index >= 15 is 0 Å². The van der Waals surface area contributed by atoms with Crippen molar-refractivity contribution in [2.24, 2.45) is 5.41 Å². The van der Waals surface area contributed by atoms with Gasteiger partial charge in [-0.3, -0.25) is 9.52 Å². The summed E-state index contributed by atoms with van der Waals surface area (Å²) in [7, 11) is -3.52. The van der Waals surface area contributed by atoms with Crippen LogP contribution in [0.3, 0.4) is 0 Å². The summed E-state index contributed by atoms with van der Waals surface area (Å²) in [5.74, 6) is -0.461. The van der Waals surface area contributed by atoms with Gasteiger partial charge in [-0.1, -0.05) is 42.5 Å². The molecule has 1 aromatic rings. The number of urea groups is 1. The van der Waals surface area contributed by atoms with Gasteiger partial charge in [-0.05, 0) is 43.1 Å². The molecule has 0 radical (unpaired) electrons. The maximum atomic E-state index is 12.2. The van der Waals surface area contributed by atoms with Crippen LogP contribution in [-0.4, -0.2) is 61.9 Å². The minimum atomic E-state index is -3.52. The Bertz CT molecular complexity index is 928. The van der Waals surface area contributed by atoms with Crippen LogP contribution in [0.2, 0.25) is 0 Å². The van der Waals surface area contributed by atoms with Crippen LogP contribution in [0.25, 0.3) is 0 Å². The molecule has 1 aromatic carbocycles. The Morgan fingerprint density at radius 2 is 2.03 bits per heavy atom. The molecule has 1 aliphatic heterocycles. The Labute approximate surface area is 190 Å². The summed E-state index contributed by atoms with van der Waals surface area (Å²) in [6.45, 7) is 1.12. The Morgan fingerprint density at radius 1 is 1.31 bits per heavy atom. The number of hydrogen-bond acceptors (Lipinski definition) is 5. The molecule has 1 saturated carbocycles. The van der Waals surface area contributed by atoms with E-state index in [1.807, 2.05) is 41.1 Å². The number of aliphatic hydroxyl groups excluding tert-OH is 1. The summed E-state index contributed by atoms with van der Waals surface area (Å²) < 4.78 is 24.3. The van der Waals surface area contributed by atoms with Crippen molar-refractivity contribution < 1.29 is 23.1 Å². The third kappa shape index (κ3) is 7.63. The topological polar surface area (TPSA) is 116 Å². The molecule has 0 aromatic heterocycles. The van der Waals surface area contributed by atoms with Gasteiger partial charge in [0.05, 0.1) is 18.4 Å². The maximum Gasteiger partial charge on any atom is 0.318 e. The predicted molar refractivity (Wildman–Crippen MR) is 122 cm³/mol. The highest BCUT2D eigenvalue weighted by Crippen LogP contribution is 2.53. The smallest absolute Gasteiger partial charge is 0.318 e. The number of sulfonamides is 1. The lowest BCUT2D eigenvalue weighted by Crippen LogP contribution is -2.34. The predicted octanol–water partition coefficient (Wildman–Crippen LogP) is 1.96. The lowest BCUT2D eigenvalue weighted by Gasteiger charge is -2.22. The van der Waals surface area contributed by atoms with Gasteiger partial charge in [0.1, 0.15) is 0 Å². The van der Waals surface area contributed by atoms with E-state index in [4.69, 9.17) is 0 Å². The highest BCUT2D eigenvalue weighted by Gasteiger charge is 2.42. The van der Waals surface area contributed by atoms with E-state index in [-0.39, 0.29) is 23.9 Å². The number of rotatable bonds is 12. The van der Waals surface area contributed by atoms with Gasteiger partial charge in [0.2, 0.25) is 15.9 Å². The zero-order chi connectivity index (χ0) is 23.2. The molecule has 1 saturated heterocycles. The summed E-state index contributed by atoms with van der Waals surface area (Å²) in [6.07, 6.45) is 9.18. The first-order valence-electron chi connectivity index (χ1n) is 11.1. The van der Waals surface area contributed by atoms with E-state index in [2.05, 4.69) is 5.32 Å². The largest absolute Gasteiger partial charge is 0.389 e. The van der Waals surface area contributed by atoms with Gasteiger partial charge in [0.15, 0.2) is 0 Å². The Balaban J connectivity index is 1.43. The monoisotopic (exact) mass is 463 g/mol. The van der Waals surface area contributed by atoms with Crippen molar-refractivity contribution in [2.45, 2.75) is 57.1 Å². The summed E-state index contributed by atoms with van der Waals surface area (Å²) >= 11 is 0. The minimum Gasteiger partial charge on any atom is -0.389 e. The second-order valence-corrected chi connectivity index (χ2v) is 10.7. The van der Waals surface area contributed by atoms with Gasteiger partial charge in [-0.25, -0.2) is 13.2 Å². The number of nitrogens with zero attached hydrogens (tertiary/aromatic N) is 1. The van der Waals surface area contributed by atoms with Crippen LogP contribution in [0, 0.1) is 5.41 Å². The van der Waals surface area contributed by atoms with E-state index in [9.17, 15) is 23.1 Å². The van der Waals surface area contributed by atoms with Crippen LogP contribution in [0.4, 0.5) is 4.79 Å². The zero-order valence-electron chi connectivity index (χ0n) is 18.5. The van der Waals surface area contributed by atoms with Gasteiger partial charge in [0.25, 0.3) is 0 Å². The quantitative estimate of drug-likeness (QED) is 0.410. The van der Waals surface area contributed by atoms with Crippen LogP contribution in [0.1, 0.15) is 44.1 Å². The zero-order valence-corrected chi connectivity index (χ0v) is 19.3. The summed E-state index contributed by atoms with van der Waals surface area (Å²) in [5.41, 5.74) is 1.14. The third-order valence-electron chi connectivity index (χ3n) is 6.21. The van der Waals surface area contributed by atoms with Gasteiger partial charge in [-0.2, -0.15) is 0 Å². The van der Waals surface area contributed by atoms with Crippen molar-refractivity contribution in [3.05, 3.63) is 48.0 Å². The number of hydrogen-bond donors (Lipinski definition) is 3. The molecule has 0 spiro atoms. The molecule has 9 heteroatoms. The molecule has 8 nitrogen and oxygen atoms in total. The van der Waals surface area contributed by atoms with Crippen molar-refractivity contribution in [1.82, 2.24) is 14.9 Å². The normalized spacial score (nSPS) is 20.9. The maximum absolute atomic E-state index is 12.2. The Kier molecular flexibility index (Phi) is 7.95. The number of carbonyl (C=O) groups excluding carboxylic acids is 2. The van der Waals surface area contributed by atoms with E-state index in [1.165, 1.54) is 0 Å². The SMILES string of the molecule is CS(=O)(=O)NC(=O)CCC1(CCCN2C(=O)NCC2C=CC(O)Cc2ccccc2)CC1. The molecule has 32 heavy (non-hydrogen) atoms. The van der Waals surface area contributed by atoms with Crippen molar-refractivity contribution in [3.8, 4) is 0 Å². The van der Waals surface area contributed by atoms with Crippen LogP contribution in [-0.2, 0) is 21.2 Å². The number of amides is 3. The lowest BCUT2D eigenvalue weighted by atomic mass is 9.94. The van der Waals surface area contributed by atoms with Crippen LogP contribution in [0.15, 0.2) is 42.5 Å². The second kappa shape index (κ2) is 10.5. The number of carbonyl (C=O) groups is 2. The fourth-order valence-corrected chi connectivity index (χ4v) is 4.75. The minimum absolute atomic E-state index is 0.0856. The van der Waals surface area contributed by atoms with Crippen LogP contribution < -0.4 is 10.0 Å². The van der Waals surface area contributed by atoms with E-state index in [0.717, 1.165) is 37.5 Å². The highest BCUT2D eigenvalue weighted by molar-refractivity contribution is 7.89. The first-order chi connectivity index (χ1) is 15.2. The van der Waals surface area contributed by atoms with Gasteiger partial charge < -0.3 is 15.3 Å². The van der Waals surface area contributed by atoms with Crippen molar-refractivity contribution in [3.63, 3.8) is 0 Å². The summed E-state index contributed by atoms with van der Waals surface area (Å²) in [4.78, 5) is 25.8. The van der Waals surface area contributed by atoms with Crippen LogP contribution >= 0.6 is 0 Å². The third-order valence-corrected chi connectivity index (χ3v) is 6.81. The molecule has 176 valence electrons. The Hall–Kier alpha value is -2.39. The first-order valence-corrected chi connectivity index (χ1v) is 13.0. The van der Waals surface area contributed by atoms with E-state index in [1.54, 1.807) is 11.0 Å². The fourth-order valence-electron chi connectivity index (χ4n) is 4.24. The van der Waals surface area contributed by atoms with E-state index in [0.29, 0.717) is 25.9 Å². The first kappa shape index (κ1) is 24.3. The van der Waals surface area contributed by atoms with Crippen molar-refractivity contribution >= 4 is 22.0 Å². The molecule has 2 aliphatic rings. The standard InChI is InChI=1S/C23H33N3O5S/c1-32(30,31)25-21(28)10-12-23(13-14-23)11-5-15-26-19(17-24-22(26)29)8-9-20(27)16-18-6-3-2-4-7-18/h2-4,6-9,19-20,27H,5,10-17H2,1H3,(H,24,29)(H,25,28). The number of nitrogens with one attached hydrogen (secondary N) is 2. The van der Waals surface area contributed by atoms with Crippen LogP contribution in [0.5, 0.6) is 0 Å². The second-order valence-electron chi connectivity index (χ2n) is 8.99. The average Bonchev–Trinajstić information content (AvgIpc) is 3.41. The highest BCUT2D eigenvalue weighted by atomic mass is 32.2. The fraction of sp³-hybridized carbons (Fsp3) is 0.565. The molecule has 3 amide bonds. The Morgan fingerprint density at radius 3 is 2.69 bits per heavy atom.